The Kier molecular flexibility index (Phi) is 17.5. The zero-order valence-electron chi connectivity index (χ0n) is 27.8. The minimum atomic E-state index is -2.72. The van der Waals surface area contributed by atoms with Crippen molar-refractivity contribution in [2.45, 2.75) is 200 Å². The third-order valence-corrected chi connectivity index (χ3v) is 30.2. The summed E-state index contributed by atoms with van der Waals surface area (Å²) in [6, 6.07) is 0. The second kappa shape index (κ2) is 18.2. The molecule has 0 spiro atoms. The first kappa shape index (κ1) is 35.7. The Bertz CT molecular complexity index is 634. The first-order chi connectivity index (χ1) is 17.8. The van der Waals surface area contributed by atoms with Crippen LogP contribution in [0.5, 0.6) is 0 Å². The van der Waals surface area contributed by atoms with Crippen molar-refractivity contribution in [2.24, 2.45) is 0 Å². The minimum absolute atomic E-state index is 0.581. The molecule has 2 atom stereocenters. The van der Waals surface area contributed by atoms with Crippen LogP contribution < -0.4 is 0 Å². The molecule has 0 amide bonds. The van der Waals surface area contributed by atoms with Gasteiger partial charge in [-0.05, 0) is 0 Å². The van der Waals surface area contributed by atoms with Crippen molar-refractivity contribution in [2.75, 3.05) is 0 Å². The molecule has 0 aromatic carbocycles. The molecule has 1 aliphatic heterocycles. The molecule has 0 nitrogen and oxygen atoms in total. The Morgan fingerprint density at radius 1 is 0.514 bits per heavy atom. The van der Waals surface area contributed by atoms with E-state index in [1.165, 1.54) is 128 Å². The second-order valence-electron chi connectivity index (χ2n) is 13.3. The number of allylic oxidation sites excluding steroid dienone is 2. The Labute approximate surface area is 241 Å². The van der Waals surface area contributed by atoms with Gasteiger partial charge in [-0.2, -0.15) is 0 Å². The average Bonchev–Trinajstić information content (AvgIpc) is 3.05. The Hall–Kier alpha value is 0.669. The first-order valence-electron chi connectivity index (χ1n) is 17.5. The Morgan fingerprint density at radius 3 is 1.38 bits per heavy atom. The molecule has 0 radical (unpaired) electrons. The van der Waals surface area contributed by atoms with Gasteiger partial charge in [-0.3, -0.25) is 0 Å². The van der Waals surface area contributed by atoms with E-state index in [9.17, 15) is 0 Å². The van der Waals surface area contributed by atoms with Crippen LogP contribution >= 0.6 is 0 Å². The fourth-order valence-electron chi connectivity index (χ4n) is 9.96. The summed E-state index contributed by atoms with van der Waals surface area (Å²) >= 11 is -2.72. The summed E-state index contributed by atoms with van der Waals surface area (Å²) in [6.07, 6.45) is 28.5. The van der Waals surface area contributed by atoms with Crippen LogP contribution in [0, 0.1) is 0 Å². The van der Waals surface area contributed by atoms with Crippen LogP contribution in [0.2, 0.25) is 41.8 Å². The molecule has 1 rings (SSSR count). The van der Waals surface area contributed by atoms with E-state index in [-0.39, 0.29) is 0 Å². The third kappa shape index (κ3) is 7.50. The van der Waals surface area contributed by atoms with Crippen LogP contribution in [-0.4, -0.2) is 31.8 Å². The zero-order chi connectivity index (χ0) is 28.0. The van der Waals surface area contributed by atoms with Crippen molar-refractivity contribution in [1.29, 1.82) is 0 Å². The maximum atomic E-state index is 2.98. The van der Waals surface area contributed by atoms with Crippen molar-refractivity contribution < 1.29 is 0 Å². The van der Waals surface area contributed by atoms with Gasteiger partial charge in [0.25, 0.3) is 0 Å². The molecule has 0 fully saturated rings. The van der Waals surface area contributed by atoms with E-state index >= 15 is 0 Å². The fraction of sp³-hybridized carbons (Fsp3) is 0.941. The standard InChI is InChI=1S/C32H64B2.2CH3.Sn/c1-9-17-19-21-23-25-27-30(31(12-4)33(13-5)14-6)29(11-3)32(34(15-7)16-8)28-26-24-22-20-18-10-2;;;/h9-28H2,1-8H3;2*1H3;. The molecule has 0 bridgehead atoms. The van der Waals surface area contributed by atoms with Crippen LogP contribution in [0.15, 0.2) is 11.1 Å². The van der Waals surface area contributed by atoms with E-state index < -0.39 is 18.4 Å². The summed E-state index contributed by atoms with van der Waals surface area (Å²) in [5.74, 6) is 0. The molecule has 3 heteroatoms. The van der Waals surface area contributed by atoms with E-state index in [0.717, 1.165) is 13.4 Å². The van der Waals surface area contributed by atoms with Gasteiger partial charge in [0.1, 0.15) is 0 Å². The first-order valence-corrected chi connectivity index (χ1v) is 26.1. The second-order valence-corrected chi connectivity index (χ2v) is 27.7. The molecule has 1 aliphatic rings. The predicted molar refractivity (Wildman–Crippen MR) is 180 cm³/mol. The van der Waals surface area contributed by atoms with Gasteiger partial charge in [0, 0.05) is 0 Å². The van der Waals surface area contributed by atoms with Crippen molar-refractivity contribution in [1.82, 2.24) is 0 Å². The van der Waals surface area contributed by atoms with Crippen molar-refractivity contribution in [3.8, 4) is 0 Å². The van der Waals surface area contributed by atoms with Gasteiger partial charge in [-0.1, -0.05) is 0 Å². The van der Waals surface area contributed by atoms with Gasteiger partial charge in [-0.25, -0.2) is 0 Å². The number of rotatable bonds is 22. The summed E-state index contributed by atoms with van der Waals surface area (Å²) in [7, 11) is 0. The van der Waals surface area contributed by atoms with Crippen molar-refractivity contribution in [3.05, 3.63) is 11.1 Å². The van der Waals surface area contributed by atoms with Gasteiger partial charge < -0.3 is 0 Å². The zero-order valence-corrected chi connectivity index (χ0v) is 30.7. The summed E-state index contributed by atoms with van der Waals surface area (Å²) in [5, 5.41) is 0. The van der Waals surface area contributed by atoms with E-state index in [2.05, 4.69) is 76.4 Å². The van der Waals surface area contributed by atoms with Gasteiger partial charge in [0.15, 0.2) is 0 Å². The molecule has 0 unspecified atom stereocenters. The van der Waals surface area contributed by atoms with Crippen LogP contribution in [0.1, 0.15) is 158 Å². The Morgan fingerprint density at radius 2 is 0.946 bits per heavy atom. The number of unbranched alkanes of at least 4 members (excludes halogenated alkanes) is 10. The topological polar surface area (TPSA) is 0 Å². The van der Waals surface area contributed by atoms with Gasteiger partial charge in [-0.15, -0.1) is 0 Å². The van der Waals surface area contributed by atoms with Gasteiger partial charge >= 0.3 is 243 Å². The number of hydrogen-bond donors (Lipinski definition) is 0. The molecular formula is C34H70B2Sn. The van der Waals surface area contributed by atoms with Crippen molar-refractivity contribution in [3.63, 3.8) is 0 Å². The van der Waals surface area contributed by atoms with E-state index in [0.29, 0.717) is 6.66 Å². The molecule has 37 heavy (non-hydrogen) atoms. The molecule has 0 N–H and O–H groups in total. The van der Waals surface area contributed by atoms with Crippen LogP contribution in [0.25, 0.3) is 0 Å². The van der Waals surface area contributed by atoms with E-state index in [1.807, 2.05) is 0 Å². The maximum absolute atomic E-state index is 2.98. The van der Waals surface area contributed by atoms with Crippen LogP contribution in [-0.2, 0) is 0 Å². The molecule has 0 aliphatic carbocycles. The van der Waals surface area contributed by atoms with E-state index in [4.69, 9.17) is 0 Å². The van der Waals surface area contributed by atoms with Gasteiger partial charge in [0.05, 0.1) is 0 Å². The molecule has 0 aromatic heterocycles. The monoisotopic (exact) mass is 620 g/mol. The van der Waals surface area contributed by atoms with Crippen LogP contribution in [0.3, 0.4) is 0 Å². The molecule has 1 heterocycles. The molecular weight excluding hydrogens is 549 g/mol. The molecule has 0 aromatic rings. The predicted octanol–water partition coefficient (Wildman–Crippen LogP) is 13.0. The third-order valence-electron chi connectivity index (χ3n) is 11.7. The SMILES string of the molecule is CCCCCCCCC1=C(CC)[C@](CCCCCCCC)(B(CC)CC)[Sn]([CH3])([CH3])[C@]1(CC)B(CC)CC. The van der Waals surface area contributed by atoms with Crippen LogP contribution in [0.4, 0.5) is 0 Å². The quantitative estimate of drug-likeness (QED) is 0.0643. The molecule has 0 saturated heterocycles. The summed E-state index contributed by atoms with van der Waals surface area (Å²) in [6.45, 7) is 21.9. The summed E-state index contributed by atoms with van der Waals surface area (Å²) in [4.78, 5) is 5.96. The van der Waals surface area contributed by atoms with E-state index in [1.54, 1.807) is 0 Å². The normalized spacial score (nSPS) is 23.2. The number of hydrogen-bond acceptors (Lipinski definition) is 0. The average molecular weight is 619 g/mol. The van der Waals surface area contributed by atoms with Crippen molar-refractivity contribution >= 4 is 31.8 Å². The molecule has 216 valence electrons. The summed E-state index contributed by atoms with van der Waals surface area (Å²) < 4.78 is 1.17. The summed E-state index contributed by atoms with van der Waals surface area (Å²) in [5.41, 5.74) is 4.12. The van der Waals surface area contributed by atoms with Gasteiger partial charge in [0.2, 0.25) is 0 Å². The fourth-order valence-corrected chi connectivity index (χ4v) is 31.2. The Balaban J connectivity index is 3.62. The molecule has 0 saturated carbocycles.